The van der Waals surface area contributed by atoms with E-state index in [1.54, 1.807) is 0 Å². The van der Waals surface area contributed by atoms with E-state index in [2.05, 4.69) is 15.3 Å². The monoisotopic (exact) mass is 299 g/mol. The van der Waals surface area contributed by atoms with Gasteiger partial charge in [0.25, 0.3) is 12.1 Å². The van der Waals surface area contributed by atoms with E-state index in [1.165, 1.54) is 30.5 Å². The highest BCUT2D eigenvalue weighted by Gasteiger charge is 2.15. The molecular formula is C10H7F2N5O2S. The van der Waals surface area contributed by atoms with Crippen molar-refractivity contribution in [2.75, 3.05) is 0 Å². The van der Waals surface area contributed by atoms with Gasteiger partial charge in [-0.1, -0.05) is 0 Å². The van der Waals surface area contributed by atoms with Gasteiger partial charge in [-0.2, -0.15) is 14.9 Å². The number of aromatic amines is 1. The van der Waals surface area contributed by atoms with Crippen LogP contribution in [0.25, 0.3) is 0 Å². The Morgan fingerprint density at radius 2 is 2.10 bits per heavy atom. The zero-order valence-corrected chi connectivity index (χ0v) is 10.6. The Morgan fingerprint density at radius 1 is 1.45 bits per heavy atom. The van der Waals surface area contributed by atoms with Crippen LogP contribution in [-0.2, 0) is 0 Å². The highest BCUT2D eigenvalue weighted by Crippen LogP contribution is 2.16. The molecule has 0 saturated carbocycles. The molecule has 0 radical (unpaired) electrons. The van der Waals surface area contributed by atoms with Gasteiger partial charge in [0.15, 0.2) is 0 Å². The summed E-state index contributed by atoms with van der Waals surface area (Å²) in [6.45, 7) is 0. The molecule has 1 N–H and O–H groups in total. The first-order chi connectivity index (χ1) is 9.49. The van der Waals surface area contributed by atoms with Gasteiger partial charge in [-0.3, -0.25) is 10.1 Å². The number of nitrogens with one attached hydrogen (secondary N) is 1. The van der Waals surface area contributed by atoms with Crippen LogP contribution in [0.1, 0.15) is 17.8 Å². The Bertz CT molecular complexity index is 707. The third kappa shape index (κ3) is 2.91. The lowest BCUT2D eigenvalue weighted by Gasteiger charge is -1.98. The van der Waals surface area contributed by atoms with Crippen molar-refractivity contribution in [1.82, 2.24) is 14.9 Å². The first-order valence-electron chi connectivity index (χ1n) is 5.23. The number of H-pyrrole nitrogens is 1. The first kappa shape index (κ1) is 13.9. The van der Waals surface area contributed by atoms with Crippen LogP contribution in [0, 0.1) is 14.9 Å². The Labute approximate surface area is 115 Å². The maximum absolute atomic E-state index is 12.6. The Kier molecular flexibility index (Phi) is 3.94. The fourth-order valence-corrected chi connectivity index (χ4v) is 1.55. The largest absolute Gasteiger partial charge is 0.299 e. The average Bonchev–Trinajstić information content (AvgIpc) is 2.78. The van der Waals surface area contributed by atoms with Crippen LogP contribution >= 0.6 is 12.2 Å². The summed E-state index contributed by atoms with van der Waals surface area (Å²) in [5, 5.41) is 19.8. The van der Waals surface area contributed by atoms with Crippen molar-refractivity contribution in [1.29, 1.82) is 0 Å². The second-order valence-electron chi connectivity index (χ2n) is 3.59. The molecule has 0 amide bonds. The van der Waals surface area contributed by atoms with Crippen LogP contribution in [0.5, 0.6) is 0 Å². The standard InChI is InChI=1S/C10H7F2N5O2S/c11-8(12)9-14-15-10(20)16(9)13-5-6-1-3-7(4-2-6)17(18)19/h1-5,8H,(H,15,20). The molecule has 0 bridgehead atoms. The fourth-order valence-electron chi connectivity index (χ4n) is 1.36. The molecule has 0 aliphatic rings. The molecular weight excluding hydrogens is 292 g/mol. The Hall–Kier alpha value is -2.49. The number of rotatable bonds is 4. The summed E-state index contributed by atoms with van der Waals surface area (Å²) in [5.74, 6) is -0.604. The average molecular weight is 299 g/mol. The molecule has 1 aromatic carbocycles. The predicted molar refractivity (Wildman–Crippen MR) is 68.5 cm³/mol. The van der Waals surface area contributed by atoms with Crippen LogP contribution in [0.2, 0.25) is 0 Å². The summed E-state index contributed by atoms with van der Waals surface area (Å²) in [4.78, 5) is 9.94. The Morgan fingerprint density at radius 3 is 2.65 bits per heavy atom. The number of aromatic nitrogens is 3. The summed E-state index contributed by atoms with van der Waals surface area (Å²) in [6.07, 6.45) is -1.57. The second kappa shape index (κ2) is 5.65. The van der Waals surface area contributed by atoms with E-state index in [-0.39, 0.29) is 10.5 Å². The molecule has 7 nitrogen and oxygen atoms in total. The third-order valence-corrected chi connectivity index (χ3v) is 2.56. The zero-order valence-electron chi connectivity index (χ0n) is 9.73. The van der Waals surface area contributed by atoms with Gasteiger partial charge in [-0.25, -0.2) is 13.9 Å². The number of nitrogens with zero attached hydrogens (tertiary/aromatic N) is 4. The lowest BCUT2D eigenvalue weighted by molar-refractivity contribution is -0.384. The van der Waals surface area contributed by atoms with Gasteiger partial charge in [-0.15, -0.1) is 0 Å². The molecule has 0 fully saturated rings. The molecule has 0 aliphatic heterocycles. The van der Waals surface area contributed by atoms with Crippen molar-refractivity contribution in [2.45, 2.75) is 6.43 Å². The van der Waals surface area contributed by atoms with Crippen molar-refractivity contribution < 1.29 is 13.7 Å². The molecule has 1 heterocycles. The summed E-state index contributed by atoms with van der Waals surface area (Å²) in [5.41, 5.74) is 0.425. The number of benzene rings is 1. The molecule has 2 aromatic rings. The van der Waals surface area contributed by atoms with E-state index in [0.29, 0.717) is 5.56 Å². The van der Waals surface area contributed by atoms with E-state index >= 15 is 0 Å². The molecule has 2 rings (SSSR count). The molecule has 20 heavy (non-hydrogen) atoms. The molecule has 10 heteroatoms. The number of hydrogen-bond acceptors (Lipinski definition) is 5. The molecule has 0 atom stereocenters. The third-order valence-electron chi connectivity index (χ3n) is 2.30. The highest BCUT2D eigenvalue weighted by atomic mass is 32.1. The lowest BCUT2D eigenvalue weighted by atomic mass is 10.2. The number of hydrogen-bond donors (Lipinski definition) is 1. The molecule has 0 saturated heterocycles. The molecule has 1 aromatic heterocycles. The van der Waals surface area contributed by atoms with Crippen LogP contribution in [0.4, 0.5) is 14.5 Å². The van der Waals surface area contributed by atoms with E-state index in [4.69, 9.17) is 12.2 Å². The zero-order chi connectivity index (χ0) is 14.7. The van der Waals surface area contributed by atoms with E-state index in [9.17, 15) is 18.9 Å². The van der Waals surface area contributed by atoms with Crippen molar-refractivity contribution in [3.8, 4) is 0 Å². The van der Waals surface area contributed by atoms with Crippen LogP contribution < -0.4 is 0 Å². The van der Waals surface area contributed by atoms with Gasteiger partial charge in [0.05, 0.1) is 11.1 Å². The minimum atomic E-state index is -2.82. The van der Waals surface area contributed by atoms with Crippen molar-refractivity contribution in [3.05, 3.63) is 50.5 Å². The van der Waals surface area contributed by atoms with Gasteiger partial charge >= 0.3 is 0 Å². The quantitative estimate of drug-likeness (QED) is 0.407. The fraction of sp³-hybridized carbons (Fsp3) is 0.100. The summed E-state index contributed by atoms with van der Waals surface area (Å²) in [6, 6.07) is 5.44. The topological polar surface area (TPSA) is 89.1 Å². The van der Waals surface area contributed by atoms with Gasteiger partial charge in [0.1, 0.15) is 0 Å². The Balaban J connectivity index is 2.27. The highest BCUT2D eigenvalue weighted by molar-refractivity contribution is 7.71. The summed E-state index contributed by atoms with van der Waals surface area (Å²) in [7, 11) is 0. The predicted octanol–water partition coefficient (Wildman–Crippen LogP) is 2.67. The smallest absolute Gasteiger partial charge is 0.258 e. The maximum Gasteiger partial charge on any atom is 0.299 e. The number of halogens is 2. The normalized spacial score (nSPS) is 11.3. The summed E-state index contributed by atoms with van der Waals surface area (Å²) < 4.78 is 25.9. The van der Waals surface area contributed by atoms with E-state index < -0.39 is 17.2 Å². The van der Waals surface area contributed by atoms with Crippen molar-refractivity contribution in [3.63, 3.8) is 0 Å². The minimum Gasteiger partial charge on any atom is -0.258 e. The minimum absolute atomic E-state index is 0.0709. The molecule has 104 valence electrons. The molecule has 0 aliphatic carbocycles. The number of nitro groups is 1. The van der Waals surface area contributed by atoms with Crippen molar-refractivity contribution >= 4 is 24.1 Å². The van der Waals surface area contributed by atoms with Gasteiger partial charge in [0, 0.05) is 12.1 Å². The van der Waals surface area contributed by atoms with Crippen LogP contribution in [-0.4, -0.2) is 26.0 Å². The first-order valence-corrected chi connectivity index (χ1v) is 5.64. The SMILES string of the molecule is O=[N+]([O-])c1ccc(C=Nn2c(C(F)F)n[nH]c2=S)cc1. The second-order valence-corrected chi connectivity index (χ2v) is 3.98. The van der Waals surface area contributed by atoms with E-state index in [1.807, 2.05) is 0 Å². The van der Waals surface area contributed by atoms with Gasteiger partial charge in [0.2, 0.25) is 10.6 Å². The van der Waals surface area contributed by atoms with Gasteiger partial charge < -0.3 is 0 Å². The maximum atomic E-state index is 12.6. The number of nitro benzene ring substituents is 1. The number of non-ortho nitro benzene ring substituents is 1. The van der Waals surface area contributed by atoms with Crippen LogP contribution in [0.15, 0.2) is 29.4 Å². The summed E-state index contributed by atoms with van der Waals surface area (Å²) >= 11 is 4.77. The van der Waals surface area contributed by atoms with Crippen LogP contribution in [0.3, 0.4) is 0 Å². The number of alkyl halides is 2. The molecule has 0 spiro atoms. The van der Waals surface area contributed by atoms with E-state index in [0.717, 1.165) is 4.68 Å². The van der Waals surface area contributed by atoms with Gasteiger partial charge in [-0.05, 0) is 29.9 Å². The lowest BCUT2D eigenvalue weighted by Crippen LogP contribution is -1.99. The van der Waals surface area contributed by atoms with Crippen molar-refractivity contribution in [2.24, 2.45) is 5.10 Å². The molecule has 0 unspecified atom stereocenters.